The van der Waals surface area contributed by atoms with Crippen LogP contribution >= 0.6 is 24.2 Å². The third kappa shape index (κ3) is 6.70. The molecular weight excluding hydrogens is 382 g/mol. The summed E-state index contributed by atoms with van der Waals surface area (Å²) in [6, 6.07) is 8.26. The molecule has 0 bridgehead atoms. The van der Waals surface area contributed by atoms with Gasteiger partial charge in [-0.1, -0.05) is 17.7 Å². The summed E-state index contributed by atoms with van der Waals surface area (Å²) >= 11 is 1.60. The highest BCUT2D eigenvalue weighted by Crippen LogP contribution is 2.21. The summed E-state index contributed by atoms with van der Waals surface area (Å²) in [5.41, 5.74) is 1.23. The van der Waals surface area contributed by atoms with Gasteiger partial charge >= 0.3 is 0 Å². The normalized spacial score (nSPS) is 22.2. The zero-order valence-corrected chi connectivity index (χ0v) is 17.5. The Balaban J connectivity index is 0.00000261. The van der Waals surface area contributed by atoms with Crippen LogP contribution in [0, 0.1) is 12.8 Å². The van der Waals surface area contributed by atoms with Gasteiger partial charge in [0, 0.05) is 24.5 Å². The van der Waals surface area contributed by atoms with Gasteiger partial charge in [0.05, 0.1) is 11.8 Å². The average Bonchev–Trinajstić information content (AvgIpc) is 3.20. The molecule has 27 heavy (non-hydrogen) atoms. The van der Waals surface area contributed by atoms with Crippen molar-refractivity contribution in [3.05, 3.63) is 29.8 Å². The molecule has 2 N–H and O–H groups in total. The van der Waals surface area contributed by atoms with Crippen LogP contribution < -0.4 is 10.6 Å². The monoisotopic (exact) mass is 411 g/mol. The molecule has 2 unspecified atom stereocenters. The first-order valence-electron chi connectivity index (χ1n) is 9.60. The summed E-state index contributed by atoms with van der Waals surface area (Å²) in [4.78, 5) is 27.8. The number of hydrogen-bond donors (Lipinski definition) is 2. The molecule has 7 heteroatoms. The number of halogens is 1. The van der Waals surface area contributed by atoms with Crippen LogP contribution in [0.15, 0.2) is 29.2 Å². The van der Waals surface area contributed by atoms with Crippen molar-refractivity contribution < 1.29 is 9.59 Å². The summed E-state index contributed by atoms with van der Waals surface area (Å²) < 4.78 is 0. The molecule has 150 valence electrons. The maximum atomic E-state index is 12.5. The van der Waals surface area contributed by atoms with Crippen LogP contribution in [0.25, 0.3) is 0 Å². The molecule has 2 atom stereocenters. The lowest BCUT2D eigenvalue weighted by Gasteiger charge is -2.33. The van der Waals surface area contributed by atoms with Gasteiger partial charge in [-0.05, 0) is 57.2 Å². The Morgan fingerprint density at radius 1 is 1.22 bits per heavy atom. The number of aryl methyl sites for hydroxylation is 1. The van der Waals surface area contributed by atoms with Crippen molar-refractivity contribution in [3.63, 3.8) is 0 Å². The maximum absolute atomic E-state index is 12.5. The molecule has 3 rings (SSSR count). The van der Waals surface area contributed by atoms with E-state index in [9.17, 15) is 9.59 Å². The molecule has 2 heterocycles. The Morgan fingerprint density at radius 3 is 2.70 bits per heavy atom. The molecule has 2 saturated heterocycles. The summed E-state index contributed by atoms with van der Waals surface area (Å²) in [5.74, 6) is 1.15. The van der Waals surface area contributed by atoms with Gasteiger partial charge in [-0.2, -0.15) is 0 Å². The fourth-order valence-corrected chi connectivity index (χ4v) is 4.41. The van der Waals surface area contributed by atoms with E-state index in [4.69, 9.17) is 0 Å². The highest BCUT2D eigenvalue weighted by molar-refractivity contribution is 8.00. The first kappa shape index (κ1) is 22.1. The number of amides is 2. The fraction of sp³-hybridized carbons (Fsp3) is 0.600. The molecule has 0 saturated carbocycles. The zero-order valence-electron chi connectivity index (χ0n) is 15.9. The molecule has 1 aromatic rings. The Bertz CT molecular complexity index is 620. The number of nitrogens with one attached hydrogen (secondary N) is 2. The van der Waals surface area contributed by atoms with E-state index in [-0.39, 0.29) is 30.3 Å². The number of hydrogen-bond acceptors (Lipinski definition) is 4. The minimum Gasteiger partial charge on any atom is -0.354 e. The Kier molecular flexibility index (Phi) is 8.93. The molecule has 2 amide bonds. The fourth-order valence-electron chi connectivity index (χ4n) is 3.61. The van der Waals surface area contributed by atoms with Crippen molar-refractivity contribution in [3.8, 4) is 0 Å². The van der Waals surface area contributed by atoms with Gasteiger partial charge in [0.1, 0.15) is 0 Å². The van der Waals surface area contributed by atoms with Crippen molar-refractivity contribution in [1.82, 2.24) is 15.5 Å². The molecule has 5 nitrogen and oxygen atoms in total. The lowest BCUT2D eigenvalue weighted by atomic mass is 9.98. The van der Waals surface area contributed by atoms with Crippen molar-refractivity contribution in [2.75, 3.05) is 31.9 Å². The van der Waals surface area contributed by atoms with E-state index >= 15 is 0 Å². The summed E-state index contributed by atoms with van der Waals surface area (Å²) in [7, 11) is 0. The van der Waals surface area contributed by atoms with Crippen LogP contribution in [0.3, 0.4) is 0 Å². The van der Waals surface area contributed by atoms with E-state index in [1.165, 1.54) is 5.56 Å². The highest BCUT2D eigenvalue weighted by atomic mass is 35.5. The number of benzene rings is 1. The average molecular weight is 412 g/mol. The van der Waals surface area contributed by atoms with Crippen molar-refractivity contribution in [2.45, 2.75) is 43.5 Å². The van der Waals surface area contributed by atoms with Gasteiger partial charge in [-0.15, -0.1) is 24.2 Å². The molecule has 2 aliphatic rings. The van der Waals surface area contributed by atoms with Crippen LogP contribution in [-0.2, 0) is 9.59 Å². The van der Waals surface area contributed by atoms with Crippen molar-refractivity contribution in [2.24, 2.45) is 5.92 Å². The quantitative estimate of drug-likeness (QED) is 0.706. The van der Waals surface area contributed by atoms with E-state index < -0.39 is 0 Å². The molecule has 0 aromatic heterocycles. The largest absolute Gasteiger partial charge is 0.354 e. The van der Waals surface area contributed by atoms with E-state index in [2.05, 4.69) is 41.8 Å². The molecule has 2 fully saturated rings. The third-order valence-corrected chi connectivity index (χ3v) is 6.19. The van der Waals surface area contributed by atoms with Gasteiger partial charge in [0.25, 0.3) is 0 Å². The summed E-state index contributed by atoms with van der Waals surface area (Å²) in [6.07, 6.45) is 4.09. The predicted octanol–water partition coefficient (Wildman–Crippen LogP) is 2.62. The van der Waals surface area contributed by atoms with Gasteiger partial charge in [-0.3, -0.25) is 9.59 Å². The number of carbonyl (C=O) groups excluding carboxylic acids is 2. The number of nitrogens with zero attached hydrogens (tertiary/aromatic N) is 1. The van der Waals surface area contributed by atoms with Crippen LogP contribution in [0.1, 0.15) is 31.2 Å². The Morgan fingerprint density at radius 2 is 2.00 bits per heavy atom. The topological polar surface area (TPSA) is 61.4 Å². The van der Waals surface area contributed by atoms with Crippen molar-refractivity contribution >= 4 is 36.0 Å². The number of likely N-dealkylation sites (tertiary alicyclic amines) is 1. The second-order valence-corrected chi connectivity index (χ2v) is 8.39. The number of piperidine rings is 1. The lowest BCUT2D eigenvalue weighted by molar-refractivity contribution is -0.130. The van der Waals surface area contributed by atoms with Gasteiger partial charge in [0.2, 0.25) is 11.8 Å². The highest BCUT2D eigenvalue weighted by Gasteiger charge is 2.26. The SMILES string of the molecule is Cc1ccc(SCC(=O)N2CCCC(CNC(=O)C3CCCN3)C2)cc1.Cl. The van der Waals surface area contributed by atoms with Crippen LogP contribution in [0.4, 0.5) is 0 Å². The molecular formula is C20H30ClN3O2S. The number of thioether (sulfide) groups is 1. The van der Waals surface area contributed by atoms with Crippen LogP contribution in [0.5, 0.6) is 0 Å². The molecule has 1 aromatic carbocycles. The molecule has 0 aliphatic carbocycles. The molecule has 0 spiro atoms. The van der Waals surface area contributed by atoms with Gasteiger partial charge in [-0.25, -0.2) is 0 Å². The van der Waals surface area contributed by atoms with E-state index in [0.29, 0.717) is 18.2 Å². The second kappa shape index (κ2) is 10.9. The smallest absolute Gasteiger partial charge is 0.237 e. The van der Waals surface area contributed by atoms with E-state index in [1.54, 1.807) is 11.8 Å². The van der Waals surface area contributed by atoms with E-state index in [1.807, 2.05) is 4.90 Å². The van der Waals surface area contributed by atoms with E-state index in [0.717, 1.165) is 50.2 Å². The van der Waals surface area contributed by atoms with Gasteiger partial charge in [0.15, 0.2) is 0 Å². The minimum absolute atomic E-state index is 0. The summed E-state index contributed by atoms with van der Waals surface area (Å²) in [5, 5.41) is 6.30. The van der Waals surface area contributed by atoms with Crippen LogP contribution in [-0.4, -0.2) is 54.7 Å². The Hall–Kier alpha value is -1.24. The maximum Gasteiger partial charge on any atom is 0.237 e. The second-order valence-electron chi connectivity index (χ2n) is 7.34. The van der Waals surface area contributed by atoms with Gasteiger partial charge < -0.3 is 15.5 Å². The standard InChI is InChI=1S/C20H29N3O2S.ClH/c1-15-6-8-17(9-7-15)26-14-19(24)23-11-3-4-16(13-23)12-22-20(25)18-5-2-10-21-18;/h6-9,16,18,21H,2-5,10-14H2,1H3,(H,22,25);1H. The number of carbonyl (C=O) groups is 2. The van der Waals surface area contributed by atoms with Crippen molar-refractivity contribution in [1.29, 1.82) is 0 Å². The first-order valence-corrected chi connectivity index (χ1v) is 10.6. The minimum atomic E-state index is -0.0257. The first-order chi connectivity index (χ1) is 12.6. The number of rotatable bonds is 6. The molecule has 0 radical (unpaired) electrons. The summed E-state index contributed by atoms with van der Waals surface area (Å²) in [6.45, 7) is 5.26. The lowest BCUT2D eigenvalue weighted by Crippen LogP contribution is -2.47. The zero-order chi connectivity index (χ0) is 18.4. The predicted molar refractivity (Wildman–Crippen MR) is 112 cm³/mol. The van der Waals surface area contributed by atoms with Crippen LogP contribution in [0.2, 0.25) is 0 Å². The molecule has 2 aliphatic heterocycles. The third-order valence-electron chi connectivity index (χ3n) is 5.20. The Labute approximate surface area is 172 Å².